The zero-order valence-corrected chi connectivity index (χ0v) is 12.0. The van der Waals surface area contributed by atoms with Crippen molar-refractivity contribution < 1.29 is 4.79 Å². The predicted molar refractivity (Wildman–Crippen MR) is 80.6 cm³/mol. The van der Waals surface area contributed by atoms with Crippen LogP contribution in [-0.2, 0) is 11.3 Å². The van der Waals surface area contributed by atoms with E-state index in [-0.39, 0.29) is 5.91 Å². The molecule has 1 aliphatic rings. The summed E-state index contributed by atoms with van der Waals surface area (Å²) in [6.45, 7) is 2.27. The first-order valence-corrected chi connectivity index (χ1v) is 7.10. The van der Waals surface area contributed by atoms with E-state index in [4.69, 9.17) is 0 Å². The zero-order chi connectivity index (χ0) is 14.7. The molecule has 0 atom stereocenters. The molecule has 0 radical (unpaired) electrons. The zero-order valence-electron chi connectivity index (χ0n) is 12.0. The second-order valence-electron chi connectivity index (χ2n) is 5.17. The molecule has 0 spiro atoms. The number of carbonyl (C=O) groups is 1. The molecule has 1 amide bonds. The van der Waals surface area contributed by atoms with Crippen molar-refractivity contribution in [2.75, 3.05) is 0 Å². The van der Waals surface area contributed by atoms with Crippen molar-refractivity contribution >= 4 is 5.91 Å². The van der Waals surface area contributed by atoms with Gasteiger partial charge in [-0.2, -0.15) is 5.10 Å². The van der Waals surface area contributed by atoms with E-state index < -0.39 is 0 Å². The van der Waals surface area contributed by atoms with Gasteiger partial charge in [-0.1, -0.05) is 24.1 Å². The third-order valence-electron chi connectivity index (χ3n) is 3.49. The number of rotatable bonds is 4. The Morgan fingerprint density at radius 1 is 1.38 bits per heavy atom. The number of benzene rings is 1. The molecule has 1 aromatic carbocycles. The molecular formula is C17H17N3O. The largest absolute Gasteiger partial charge is 0.324 e. The fourth-order valence-corrected chi connectivity index (χ4v) is 2.29. The first-order valence-electron chi connectivity index (χ1n) is 7.10. The summed E-state index contributed by atoms with van der Waals surface area (Å²) in [5.41, 5.74) is 2.04. The Bertz CT molecular complexity index is 690. The van der Waals surface area contributed by atoms with Gasteiger partial charge in [0.25, 0.3) is 5.91 Å². The monoisotopic (exact) mass is 279 g/mol. The Labute approximate surface area is 124 Å². The second kappa shape index (κ2) is 5.84. The van der Waals surface area contributed by atoms with Crippen molar-refractivity contribution in [2.45, 2.75) is 32.4 Å². The van der Waals surface area contributed by atoms with Crippen molar-refractivity contribution in [1.29, 1.82) is 0 Å². The van der Waals surface area contributed by atoms with Crippen LogP contribution >= 0.6 is 0 Å². The van der Waals surface area contributed by atoms with Crippen molar-refractivity contribution in [3.8, 4) is 17.5 Å². The van der Waals surface area contributed by atoms with Crippen LogP contribution in [0, 0.1) is 11.8 Å². The highest BCUT2D eigenvalue weighted by Crippen LogP contribution is 2.28. The lowest BCUT2D eigenvalue weighted by molar-refractivity contribution is -0.126. The summed E-state index contributed by atoms with van der Waals surface area (Å²) in [4.78, 5) is 13.9. The van der Waals surface area contributed by atoms with Crippen LogP contribution in [0.15, 0.2) is 42.7 Å². The Morgan fingerprint density at radius 3 is 2.81 bits per heavy atom. The predicted octanol–water partition coefficient (Wildman–Crippen LogP) is 2.39. The number of carbonyl (C=O) groups excluding carboxylic acids is 1. The van der Waals surface area contributed by atoms with Crippen LogP contribution in [0.3, 0.4) is 0 Å². The van der Waals surface area contributed by atoms with Crippen molar-refractivity contribution in [1.82, 2.24) is 14.7 Å². The molecule has 1 saturated carbocycles. The van der Waals surface area contributed by atoms with E-state index in [0.717, 1.165) is 24.1 Å². The quantitative estimate of drug-likeness (QED) is 0.806. The summed E-state index contributed by atoms with van der Waals surface area (Å²) in [7, 11) is 0. The molecule has 3 rings (SSSR count). The van der Waals surface area contributed by atoms with Gasteiger partial charge in [-0.3, -0.25) is 4.79 Å². The van der Waals surface area contributed by atoms with Crippen molar-refractivity contribution in [3.05, 3.63) is 48.3 Å². The summed E-state index contributed by atoms with van der Waals surface area (Å²) in [5.74, 6) is 5.23. The normalized spacial score (nSPS) is 13.4. The third kappa shape index (κ3) is 3.14. The van der Waals surface area contributed by atoms with Crippen LogP contribution < -0.4 is 0 Å². The van der Waals surface area contributed by atoms with E-state index >= 15 is 0 Å². The Hall–Kier alpha value is -2.54. The average molecular weight is 279 g/mol. The minimum absolute atomic E-state index is 0.0903. The first-order chi connectivity index (χ1) is 10.3. The van der Waals surface area contributed by atoms with Gasteiger partial charge in [0.2, 0.25) is 0 Å². The molecule has 4 nitrogen and oxygen atoms in total. The van der Waals surface area contributed by atoms with Gasteiger partial charge in [0.1, 0.15) is 0 Å². The number of nitrogens with zero attached hydrogens (tertiary/aromatic N) is 3. The highest BCUT2D eigenvalue weighted by atomic mass is 16.2. The maximum absolute atomic E-state index is 12.0. The Morgan fingerprint density at radius 2 is 2.14 bits per heavy atom. The SMILES string of the molecule is CC#CC(=O)N(Cc1cnn(-c2ccccc2)c1)C1CC1. The van der Waals surface area contributed by atoms with E-state index in [2.05, 4.69) is 16.9 Å². The van der Waals surface area contributed by atoms with E-state index in [1.807, 2.05) is 52.3 Å². The number of aromatic nitrogens is 2. The van der Waals surface area contributed by atoms with Gasteiger partial charge in [0.05, 0.1) is 11.9 Å². The lowest BCUT2D eigenvalue weighted by Crippen LogP contribution is -2.31. The molecule has 0 unspecified atom stereocenters. The lowest BCUT2D eigenvalue weighted by Gasteiger charge is -2.18. The van der Waals surface area contributed by atoms with Gasteiger partial charge in [0, 0.05) is 24.3 Å². The van der Waals surface area contributed by atoms with Crippen LogP contribution in [0.5, 0.6) is 0 Å². The summed E-state index contributed by atoms with van der Waals surface area (Å²) in [6, 6.07) is 10.3. The van der Waals surface area contributed by atoms with Gasteiger partial charge in [0.15, 0.2) is 0 Å². The minimum Gasteiger partial charge on any atom is -0.324 e. The molecule has 21 heavy (non-hydrogen) atoms. The molecule has 1 fully saturated rings. The summed E-state index contributed by atoms with van der Waals surface area (Å²) < 4.78 is 1.83. The van der Waals surface area contributed by atoms with Crippen LogP contribution in [-0.4, -0.2) is 26.6 Å². The van der Waals surface area contributed by atoms with E-state index in [1.165, 1.54) is 0 Å². The summed E-state index contributed by atoms with van der Waals surface area (Å²) >= 11 is 0. The molecule has 1 aliphatic carbocycles. The van der Waals surface area contributed by atoms with E-state index in [9.17, 15) is 4.79 Å². The first kappa shape index (κ1) is 13.4. The fraction of sp³-hybridized carbons (Fsp3) is 0.294. The van der Waals surface area contributed by atoms with Gasteiger partial charge >= 0.3 is 0 Å². The van der Waals surface area contributed by atoms with Crippen molar-refractivity contribution in [3.63, 3.8) is 0 Å². The molecule has 0 bridgehead atoms. The second-order valence-corrected chi connectivity index (χ2v) is 5.17. The van der Waals surface area contributed by atoms with Gasteiger partial charge < -0.3 is 4.90 Å². The van der Waals surface area contributed by atoms with Crippen LogP contribution in [0.2, 0.25) is 0 Å². The topological polar surface area (TPSA) is 38.1 Å². The molecule has 4 heteroatoms. The number of para-hydroxylation sites is 1. The highest BCUT2D eigenvalue weighted by Gasteiger charge is 2.32. The Balaban J connectivity index is 1.76. The summed E-state index contributed by atoms with van der Waals surface area (Å²) in [5, 5.41) is 4.37. The van der Waals surface area contributed by atoms with Crippen LogP contribution in [0.25, 0.3) is 5.69 Å². The molecule has 2 aromatic rings. The van der Waals surface area contributed by atoms with Crippen molar-refractivity contribution in [2.24, 2.45) is 0 Å². The molecule has 1 heterocycles. The molecule has 1 aromatic heterocycles. The lowest BCUT2D eigenvalue weighted by atomic mass is 10.3. The van der Waals surface area contributed by atoms with Crippen LogP contribution in [0.4, 0.5) is 0 Å². The molecule has 0 aliphatic heterocycles. The van der Waals surface area contributed by atoms with E-state index in [1.54, 1.807) is 6.92 Å². The maximum Gasteiger partial charge on any atom is 0.299 e. The molecule has 0 saturated heterocycles. The molecule has 106 valence electrons. The van der Waals surface area contributed by atoms with Gasteiger partial charge in [-0.05, 0) is 37.8 Å². The van der Waals surface area contributed by atoms with Gasteiger partial charge in [-0.15, -0.1) is 0 Å². The molecular weight excluding hydrogens is 262 g/mol. The number of hydrogen-bond acceptors (Lipinski definition) is 2. The van der Waals surface area contributed by atoms with Crippen LogP contribution in [0.1, 0.15) is 25.3 Å². The molecule has 0 N–H and O–H groups in total. The van der Waals surface area contributed by atoms with Gasteiger partial charge in [-0.25, -0.2) is 4.68 Å². The van der Waals surface area contributed by atoms with E-state index in [0.29, 0.717) is 12.6 Å². The fourth-order valence-electron chi connectivity index (χ4n) is 2.29. The third-order valence-corrected chi connectivity index (χ3v) is 3.49. The Kier molecular flexibility index (Phi) is 3.74. The number of amides is 1. The minimum atomic E-state index is -0.0903. The maximum atomic E-state index is 12.0. The smallest absolute Gasteiger partial charge is 0.299 e. The highest BCUT2D eigenvalue weighted by molar-refractivity contribution is 5.93. The summed E-state index contributed by atoms with van der Waals surface area (Å²) in [6.07, 6.45) is 5.93. The average Bonchev–Trinajstić information content (AvgIpc) is 3.24. The standard InChI is InChI=1S/C17H17N3O/c1-2-6-17(21)19(15-9-10-15)12-14-11-18-20(13-14)16-7-4-3-5-8-16/h3-5,7-8,11,13,15H,9-10,12H2,1H3. The number of hydrogen-bond donors (Lipinski definition) is 0.